The molecule has 0 spiro atoms. The van der Waals surface area contributed by atoms with Crippen molar-refractivity contribution in [2.24, 2.45) is 0 Å². The first-order valence-corrected chi connectivity index (χ1v) is 7.18. The van der Waals surface area contributed by atoms with E-state index < -0.39 is 11.6 Å². The minimum Gasteiger partial charge on any atom is -0.207 e. The molecular formula is C14H9BrCl2F2. The van der Waals surface area contributed by atoms with Gasteiger partial charge in [0.1, 0.15) is 11.6 Å². The van der Waals surface area contributed by atoms with E-state index in [1.54, 1.807) is 18.2 Å². The van der Waals surface area contributed by atoms with Gasteiger partial charge in [-0.25, -0.2) is 8.78 Å². The number of benzene rings is 2. The minimum atomic E-state index is -0.561. The molecule has 0 bridgehead atoms. The summed E-state index contributed by atoms with van der Waals surface area (Å²) in [7, 11) is 0. The van der Waals surface area contributed by atoms with Gasteiger partial charge in [0.05, 0.1) is 0 Å². The van der Waals surface area contributed by atoms with E-state index in [9.17, 15) is 8.78 Å². The molecule has 0 aromatic heterocycles. The third-order valence-corrected chi connectivity index (χ3v) is 4.12. The van der Waals surface area contributed by atoms with Crippen molar-refractivity contribution in [1.82, 2.24) is 0 Å². The Balaban J connectivity index is 2.28. The lowest BCUT2D eigenvalue weighted by atomic mass is 10.0. The van der Waals surface area contributed by atoms with Gasteiger partial charge in [0.25, 0.3) is 0 Å². The summed E-state index contributed by atoms with van der Waals surface area (Å²) in [5, 5.41) is 0.983. The van der Waals surface area contributed by atoms with E-state index in [1.807, 2.05) is 0 Å². The van der Waals surface area contributed by atoms with E-state index in [4.69, 9.17) is 23.2 Å². The van der Waals surface area contributed by atoms with Crippen molar-refractivity contribution >= 4 is 39.1 Å². The third-order valence-electron chi connectivity index (χ3n) is 2.74. The highest BCUT2D eigenvalue weighted by molar-refractivity contribution is 9.09. The van der Waals surface area contributed by atoms with Crippen LogP contribution in [0.2, 0.25) is 10.0 Å². The molecule has 0 heterocycles. The SMILES string of the molecule is Fc1cccc(F)c1CC(Br)c1ccc(Cl)cc1Cl. The van der Waals surface area contributed by atoms with Crippen LogP contribution in [0.4, 0.5) is 8.78 Å². The molecular weight excluding hydrogens is 357 g/mol. The second-order valence-corrected chi connectivity index (χ2v) is 5.99. The molecule has 0 fully saturated rings. The van der Waals surface area contributed by atoms with Crippen LogP contribution in [0.1, 0.15) is 16.0 Å². The van der Waals surface area contributed by atoms with Crippen molar-refractivity contribution in [2.45, 2.75) is 11.2 Å². The minimum absolute atomic E-state index is 0.0374. The highest BCUT2D eigenvalue weighted by Gasteiger charge is 2.17. The van der Waals surface area contributed by atoms with Crippen LogP contribution in [0, 0.1) is 11.6 Å². The molecule has 0 aliphatic carbocycles. The maximum absolute atomic E-state index is 13.6. The van der Waals surface area contributed by atoms with Crippen LogP contribution in [0.5, 0.6) is 0 Å². The maximum Gasteiger partial charge on any atom is 0.129 e. The van der Waals surface area contributed by atoms with Crippen molar-refractivity contribution in [2.75, 3.05) is 0 Å². The molecule has 5 heteroatoms. The Morgan fingerprint density at radius 2 is 1.68 bits per heavy atom. The molecule has 0 amide bonds. The molecule has 0 radical (unpaired) electrons. The smallest absolute Gasteiger partial charge is 0.129 e. The maximum atomic E-state index is 13.6. The van der Waals surface area contributed by atoms with Gasteiger partial charge in [-0.2, -0.15) is 0 Å². The Kier molecular flexibility index (Phi) is 4.82. The van der Waals surface area contributed by atoms with Crippen LogP contribution in [-0.4, -0.2) is 0 Å². The number of hydrogen-bond donors (Lipinski definition) is 0. The lowest BCUT2D eigenvalue weighted by molar-refractivity contribution is 0.554. The molecule has 2 aromatic carbocycles. The zero-order valence-electron chi connectivity index (χ0n) is 9.64. The highest BCUT2D eigenvalue weighted by Crippen LogP contribution is 2.34. The van der Waals surface area contributed by atoms with Gasteiger partial charge in [-0.1, -0.05) is 51.3 Å². The average molecular weight is 366 g/mol. The van der Waals surface area contributed by atoms with E-state index in [1.165, 1.54) is 18.2 Å². The molecule has 2 rings (SSSR count). The number of alkyl halides is 1. The summed E-state index contributed by atoms with van der Waals surface area (Å²) in [4.78, 5) is -0.288. The van der Waals surface area contributed by atoms with Gasteiger partial charge in [-0.15, -0.1) is 0 Å². The van der Waals surface area contributed by atoms with E-state index >= 15 is 0 Å². The van der Waals surface area contributed by atoms with Gasteiger partial charge in [-0.05, 0) is 36.2 Å². The van der Waals surface area contributed by atoms with Crippen molar-refractivity contribution in [3.8, 4) is 0 Å². The first-order chi connectivity index (χ1) is 8.99. The van der Waals surface area contributed by atoms with Gasteiger partial charge in [-0.3, -0.25) is 0 Å². The average Bonchev–Trinajstić information content (AvgIpc) is 2.33. The Hall–Kier alpha value is -0.640. The van der Waals surface area contributed by atoms with Crippen LogP contribution in [-0.2, 0) is 6.42 Å². The van der Waals surface area contributed by atoms with Gasteiger partial charge in [0.2, 0.25) is 0 Å². The molecule has 0 saturated heterocycles. The Labute approximate surface area is 128 Å². The van der Waals surface area contributed by atoms with Crippen molar-refractivity contribution in [1.29, 1.82) is 0 Å². The quantitative estimate of drug-likeness (QED) is 0.589. The molecule has 19 heavy (non-hydrogen) atoms. The lowest BCUT2D eigenvalue weighted by Gasteiger charge is -2.13. The van der Waals surface area contributed by atoms with Crippen LogP contribution >= 0.6 is 39.1 Å². The van der Waals surface area contributed by atoms with Crippen LogP contribution in [0.3, 0.4) is 0 Å². The summed E-state index contributed by atoms with van der Waals surface area (Å²) in [5.74, 6) is -1.12. The van der Waals surface area contributed by atoms with E-state index in [0.717, 1.165) is 5.56 Å². The molecule has 0 nitrogen and oxygen atoms in total. The fourth-order valence-electron chi connectivity index (χ4n) is 1.77. The Bertz CT molecular complexity index is 582. The summed E-state index contributed by atoms with van der Waals surface area (Å²) < 4.78 is 27.2. The topological polar surface area (TPSA) is 0 Å². The Morgan fingerprint density at radius 1 is 1.05 bits per heavy atom. The molecule has 0 aliphatic heterocycles. The monoisotopic (exact) mass is 364 g/mol. The predicted molar refractivity (Wildman–Crippen MR) is 78.2 cm³/mol. The zero-order valence-corrected chi connectivity index (χ0v) is 12.7. The number of rotatable bonds is 3. The van der Waals surface area contributed by atoms with Gasteiger partial charge < -0.3 is 0 Å². The molecule has 1 unspecified atom stereocenters. The summed E-state index contributed by atoms with van der Waals surface area (Å²) in [5.41, 5.74) is 0.782. The van der Waals surface area contributed by atoms with E-state index in [2.05, 4.69) is 15.9 Å². The number of hydrogen-bond acceptors (Lipinski definition) is 0. The van der Waals surface area contributed by atoms with Crippen molar-refractivity contribution in [3.05, 3.63) is 69.2 Å². The van der Waals surface area contributed by atoms with Gasteiger partial charge in [0.15, 0.2) is 0 Å². The second kappa shape index (κ2) is 6.21. The second-order valence-electron chi connectivity index (χ2n) is 4.04. The third kappa shape index (κ3) is 3.47. The molecule has 1 atom stereocenters. The van der Waals surface area contributed by atoms with E-state index in [-0.39, 0.29) is 16.8 Å². The van der Waals surface area contributed by atoms with Crippen LogP contribution < -0.4 is 0 Å². The Morgan fingerprint density at radius 3 is 2.26 bits per heavy atom. The van der Waals surface area contributed by atoms with Crippen molar-refractivity contribution < 1.29 is 8.78 Å². The summed E-state index contributed by atoms with van der Waals surface area (Å²) in [6, 6.07) is 8.85. The van der Waals surface area contributed by atoms with Crippen LogP contribution in [0.15, 0.2) is 36.4 Å². The lowest BCUT2D eigenvalue weighted by Crippen LogP contribution is -2.01. The first kappa shape index (κ1) is 14.8. The largest absolute Gasteiger partial charge is 0.207 e. The molecule has 0 N–H and O–H groups in total. The van der Waals surface area contributed by atoms with Gasteiger partial charge in [0, 0.05) is 20.4 Å². The normalized spacial score (nSPS) is 12.5. The first-order valence-electron chi connectivity index (χ1n) is 5.51. The summed E-state index contributed by atoms with van der Waals surface area (Å²) in [6.45, 7) is 0. The molecule has 0 saturated carbocycles. The highest BCUT2D eigenvalue weighted by atomic mass is 79.9. The molecule has 2 aromatic rings. The fourth-order valence-corrected chi connectivity index (χ4v) is 3.17. The standard InChI is InChI=1S/C14H9BrCl2F2/c15-11(9-5-4-8(16)6-12(9)17)7-10-13(18)2-1-3-14(10)19/h1-6,11H,7H2. The van der Waals surface area contributed by atoms with E-state index in [0.29, 0.717) is 10.0 Å². The molecule has 100 valence electrons. The van der Waals surface area contributed by atoms with Crippen LogP contribution in [0.25, 0.3) is 0 Å². The summed E-state index contributed by atoms with van der Waals surface area (Å²) >= 11 is 15.3. The van der Waals surface area contributed by atoms with Crippen molar-refractivity contribution in [3.63, 3.8) is 0 Å². The fraction of sp³-hybridized carbons (Fsp3) is 0.143. The number of halogens is 5. The zero-order chi connectivity index (χ0) is 14.0. The van der Waals surface area contributed by atoms with Gasteiger partial charge >= 0.3 is 0 Å². The molecule has 0 aliphatic rings. The summed E-state index contributed by atoms with van der Waals surface area (Å²) in [6.07, 6.45) is 0.167. The predicted octanol–water partition coefficient (Wildman–Crippen LogP) is 5.95.